The number of nitriles is 1. The summed E-state index contributed by atoms with van der Waals surface area (Å²) < 4.78 is 47.5. The summed E-state index contributed by atoms with van der Waals surface area (Å²) >= 11 is 0. The third-order valence-electron chi connectivity index (χ3n) is 10.4. The van der Waals surface area contributed by atoms with E-state index in [1.54, 1.807) is 28.4 Å². The molecule has 0 aromatic heterocycles. The van der Waals surface area contributed by atoms with Crippen molar-refractivity contribution in [1.29, 1.82) is 5.26 Å². The van der Waals surface area contributed by atoms with Crippen LogP contribution in [0.1, 0.15) is 65.7 Å². The molecule has 1 N–H and O–H groups in total. The maximum Gasteiger partial charge on any atom is 0.162 e. The van der Waals surface area contributed by atoms with Gasteiger partial charge in [-0.05, 0) is 57.8 Å². The average Bonchev–Trinajstić information content (AvgIpc) is 3.20. The summed E-state index contributed by atoms with van der Waals surface area (Å²) in [5.41, 5.74) is -2.05. The summed E-state index contributed by atoms with van der Waals surface area (Å²) in [7, 11) is 6.47. The minimum absolute atomic E-state index is 0.0325. The van der Waals surface area contributed by atoms with Gasteiger partial charge in [0.2, 0.25) is 0 Å². The lowest BCUT2D eigenvalue weighted by molar-refractivity contribution is -0.325. The Morgan fingerprint density at radius 3 is 2.26 bits per heavy atom. The van der Waals surface area contributed by atoms with Gasteiger partial charge in [-0.2, -0.15) is 5.26 Å². The Morgan fingerprint density at radius 2 is 1.62 bits per heavy atom. The van der Waals surface area contributed by atoms with Gasteiger partial charge >= 0.3 is 0 Å². The molecule has 0 heterocycles. The zero-order valence-corrected chi connectivity index (χ0v) is 24.8. The maximum atomic E-state index is 12.4. The number of rotatable bonds is 12. The number of hydrogen-bond donors (Lipinski definition) is 1. The fraction of sp³-hybridized carbons (Fsp3) is 0.966. The predicted octanol–water partition coefficient (Wildman–Crippen LogP) is 3.60. The van der Waals surface area contributed by atoms with Gasteiger partial charge in [0.05, 0.1) is 41.5 Å². The van der Waals surface area contributed by atoms with Gasteiger partial charge in [0.1, 0.15) is 20.4 Å². The molecule has 4 fully saturated rings. The molecule has 4 rings (SSSR count). The largest absolute Gasteiger partial charge is 0.389 e. The van der Waals surface area contributed by atoms with E-state index >= 15 is 0 Å². The van der Waals surface area contributed by atoms with Crippen molar-refractivity contribution in [2.24, 2.45) is 29.1 Å². The average molecular weight is 556 g/mol. The standard InChI is InChI=1S/C29H49NO9/c1-26(2,35-7)39-22-12-20(36-16-32-4)13-28(31)10-9-21-24(25(22)28)23(37-17-33-5)14-27(3)19(15-30)8-11-29(21,27)38-18-34-6/h19-25,31H,8-14,16-18H2,1-7H3/t19-,20+,21?,22-,23-,24?,25?,27-,28+,29+/m1/s1. The van der Waals surface area contributed by atoms with E-state index in [0.29, 0.717) is 25.7 Å². The first-order valence-corrected chi connectivity index (χ1v) is 14.2. The molecule has 3 unspecified atom stereocenters. The molecule has 0 radical (unpaired) electrons. The summed E-state index contributed by atoms with van der Waals surface area (Å²) in [6.45, 7) is 6.40. The Morgan fingerprint density at radius 1 is 0.923 bits per heavy atom. The van der Waals surface area contributed by atoms with Gasteiger partial charge in [0.15, 0.2) is 5.79 Å². The lowest BCUT2D eigenvalue weighted by atomic mass is 9.45. The normalized spacial score (nSPS) is 43.8. The highest BCUT2D eigenvalue weighted by molar-refractivity contribution is 5.23. The molecule has 39 heavy (non-hydrogen) atoms. The van der Waals surface area contributed by atoms with E-state index in [1.165, 1.54) is 0 Å². The second-order valence-electron chi connectivity index (χ2n) is 12.6. The van der Waals surface area contributed by atoms with Crippen LogP contribution in [-0.4, -0.2) is 89.2 Å². The summed E-state index contributed by atoms with van der Waals surface area (Å²) in [4.78, 5) is 0. The monoisotopic (exact) mass is 555 g/mol. The van der Waals surface area contributed by atoms with Crippen molar-refractivity contribution in [2.45, 2.75) is 101 Å². The number of aliphatic hydroxyl groups is 1. The van der Waals surface area contributed by atoms with E-state index in [9.17, 15) is 10.4 Å². The molecule has 4 aliphatic carbocycles. The van der Waals surface area contributed by atoms with Crippen molar-refractivity contribution in [3.05, 3.63) is 0 Å². The second-order valence-corrected chi connectivity index (χ2v) is 12.6. The number of ether oxygens (including phenoxy) is 8. The first-order valence-electron chi connectivity index (χ1n) is 14.2. The highest BCUT2D eigenvalue weighted by Gasteiger charge is 2.72. The Hall–Kier alpha value is -0.870. The summed E-state index contributed by atoms with van der Waals surface area (Å²) in [5.74, 6) is -1.35. The summed E-state index contributed by atoms with van der Waals surface area (Å²) in [6, 6.07) is 2.59. The molecular weight excluding hydrogens is 506 g/mol. The number of hydrogen-bond acceptors (Lipinski definition) is 10. The van der Waals surface area contributed by atoms with Gasteiger partial charge in [-0.3, -0.25) is 0 Å². The number of fused-ring (bicyclic) bond motifs is 5. The molecule has 0 aliphatic heterocycles. The molecule has 4 saturated carbocycles. The first kappa shape index (κ1) is 31.1. The Kier molecular flexibility index (Phi) is 9.69. The topological polar surface area (TPSA) is 118 Å². The molecule has 10 atom stereocenters. The van der Waals surface area contributed by atoms with Crippen molar-refractivity contribution >= 4 is 0 Å². The van der Waals surface area contributed by atoms with Gasteiger partial charge in [-0.25, -0.2) is 0 Å². The predicted molar refractivity (Wildman–Crippen MR) is 140 cm³/mol. The van der Waals surface area contributed by atoms with Crippen molar-refractivity contribution in [2.75, 3.05) is 48.8 Å². The van der Waals surface area contributed by atoms with Crippen LogP contribution < -0.4 is 0 Å². The van der Waals surface area contributed by atoms with Gasteiger partial charge in [-0.1, -0.05) is 6.92 Å². The van der Waals surface area contributed by atoms with E-state index in [1.807, 2.05) is 13.8 Å². The lowest BCUT2D eigenvalue weighted by Crippen LogP contribution is -2.70. The van der Waals surface area contributed by atoms with Gasteiger partial charge in [0, 0.05) is 52.6 Å². The molecule has 0 bridgehead atoms. The minimum Gasteiger partial charge on any atom is -0.389 e. The quantitative estimate of drug-likeness (QED) is 0.358. The van der Waals surface area contributed by atoms with E-state index in [4.69, 9.17) is 37.9 Å². The van der Waals surface area contributed by atoms with Crippen LogP contribution in [0.5, 0.6) is 0 Å². The summed E-state index contributed by atoms with van der Waals surface area (Å²) in [6.07, 6.45) is 3.69. The summed E-state index contributed by atoms with van der Waals surface area (Å²) in [5, 5.41) is 22.6. The number of methoxy groups -OCH3 is 4. The van der Waals surface area contributed by atoms with Gasteiger partial charge in [0.25, 0.3) is 0 Å². The zero-order chi connectivity index (χ0) is 28.5. The van der Waals surface area contributed by atoms with Crippen molar-refractivity contribution < 1.29 is 43.0 Å². The zero-order valence-electron chi connectivity index (χ0n) is 24.8. The molecular formula is C29H49NO9. The molecule has 0 spiro atoms. The van der Waals surface area contributed by atoms with Crippen LogP contribution in [0.15, 0.2) is 0 Å². The molecule has 0 aromatic rings. The highest BCUT2D eigenvalue weighted by atomic mass is 16.7. The van der Waals surface area contributed by atoms with Gasteiger partial charge in [-0.15, -0.1) is 0 Å². The molecule has 0 amide bonds. The van der Waals surface area contributed by atoms with Crippen LogP contribution in [-0.2, 0) is 37.9 Å². The van der Waals surface area contributed by atoms with E-state index in [0.717, 1.165) is 19.3 Å². The van der Waals surface area contributed by atoms with Crippen LogP contribution in [0, 0.1) is 40.4 Å². The maximum absolute atomic E-state index is 12.4. The van der Waals surface area contributed by atoms with E-state index < -0.39 is 22.4 Å². The SMILES string of the molecule is COCO[C@H]1C[C@@H](OC(C)(C)OC)C2C3C(CC[C@]2(O)C1)[C@@]1(OCOC)CC[C@H](C#N)[C@@]1(C)C[C@H]3OCOC. The number of nitrogens with zero attached hydrogens (tertiary/aromatic N) is 1. The lowest BCUT2D eigenvalue weighted by Gasteiger charge is -2.65. The van der Waals surface area contributed by atoms with Crippen molar-refractivity contribution in [3.8, 4) is 6.07 Å². The van der Waals surface area contributed by atoms with E-state index in [-0.39, 0.29) is 62.4 Å². The molecule has 0 aromatic carbocycles. The fourth-order valence-electron chi connectivity index (χ4n) is 8.72. The van der Waals surface area contributed by atoms with Crippen molar-refractivity contribution in [1.82, 2.24) is 0 Å². The fourth-order valence-corrected chi connectivity index (χ4v) is 8.72. The third-order valence-corrected chi connectivity index (χ3v) is 10.4. The van der Waals surface area contributed by atoms with Crippen LogP contribution >= 0.6 is 0 Å². The van der Waals surface area contributed by atoms with Crippen LogP contribution in [0.3, 0.4) is 0 Å². The van der Waals surface area contributed by atoms with E-state index in [2.05, 4.69) is 13.0 Å². The third kappa shape index (κ3) is 5.52. The first-order chi connectivity index (χ1) is 18.5. The Labute approximate surface area is 233 Å². The second kappa shape index (κ2) is 12.2. The van der Waals surface area contributed by atoms with Crippen LogP contribution in [0.2, 0.25) is 0 Å². The Bertz CT molecular complexity index is 866. The van der Waals surface area contributed by atoms with Crippen LogP contribution in [0.25, 0.3) is 0 Å². The van der Waals surface area contributed by atoms with Crippen molar-refractivity contribution in [3.63, 3.8) is 0 Å². The molecule has 10 heteroatoms. The molecule has 4 aliphatic rings. The smallest absolute Gasteiger partial charge is 0.162 e. The van der Waals surface area contributed by atoms with Gasteiger partial charge < -0.3 is 43.0 Å². The molecule has 0 saturated heterocycles. The van der Waals surface area contributed by atoms with Crippen LogP contribution in [0.4, 0.5) is 0 Å². The molecule has 224 valence electrons. The molecule has 10 nitrogen and oxygen atoms in total. The minimum atomic E-state index is -1.04. The Balaban J connectivity index is 1.80. The highest BCUT2D eigenvalue weighted by Crippen LogP contribution is 2.68.